The van der Waals surface area contributed by atoms with E-state index in [0.717, 1.165) is 23.4 Å². The van der Waals surface area contributed by atoms with Gasteiger partial charge in [0.2, 0.25) is 5.91 Å². The molecule has 1 amide bonds. The number of rotatable bonds is 9. The maximum Gasteiger partial charge on any atom is 0.220 e. The van der Waals surface area contributed by atoms with Crippen molar-refractivity contribution in [2.75, 3.05) is 26.4 Å². The van der Waals surface area contributed by atoms with Crippen LogP contribution in [0.2, 0.25) is 5.02 Å². The first-order chi connectivity index (χ1) is 14.5. The Morgan fingerprint density at radius 3 is 2.63 bits per heavy atom. The molecule has 0 radical (unpaired) electrons. The Hall–Kier alpha value is -2.37. The van der Waals surface area contributed by atoms with Crippen LogP contribution in [0, 0.1) is 0 Å². The Labute approximate surface area is 182 Å². The first kappa shape index (κ1) is 22.3. The summed E-state index contributed by atoms with van der Waals surface area (Å²) in [5, 5.41) is 3.82. The summed E-state index contributed by atoms with van der Waals surface area (Å²) in [6.45, 7) is 3.80. The number of ether oxygens (including phenoxy) is 2. The van der Waals surface area contributed by atoms with E-state index in [2.05, 4.69) is 5.32 Å². The molecule has 0 aromatic heterocycles. The van der Waals surface area contributed by atoms with Gasteiger partial charge in [0.1, 0.15) is 5.75 Å². The van der Waals surface area contributed by atoms with Crippen LogP contribution in [0.5, 0.6) is 5.75 Å². The maximum absolute atomic E-state index is 12.4. The molecule has 2 aromatic rings. The molecule has 30 heavy (non-hydrogen) atoms. The number of carbonyl (C=O) groups is 2. The van der Waals surface area contributed by atoms with E-state index in [4.69, 9.17) is 21.1 Å². The van der Waals surface area contributed by atoms with Crippen LogP contribution >= 0.6 is 11.6 Å². The molecule has 1 saturated heterocycles. The summed E-state index contributed by atoms with van der Waals surface area (Å²) in [5.74, 6) is 0.636. The van der Waals surface area contributed by atoms with Crippen molar-refractivity contribution in [3.05, 3.63) is 64.7 Å². The van der Waals surface area contributed by atoms with Crippen molar-refractivity contribution < 1.29 is 19.1 Å². The fraction of sp³-hybridized carbons (Fsp3) is 0.417. The molecular formula is C24H28ClNO4. The smallest absolute Gasteiger partial charge is 0.220 e. The van der Waals surface area contributed by atoms with Gasteiger partial charge in [0.05, 0.1) is 6.61 Å². The van der Waals surface area contributed by atoms with Crippen LogP contribution < -0.4 is 10.1 Å². The third-order valence-electron chi connectivity index (χ3n) is 5.58. The van der Waals surface area contributed by atoms with Crippen LogP contribution in [0.4, 0.5) is 0 Å². The van der Waals surface area contributed by atoms with Crippen LogP contribution in [0.1, 0.15) is 48.5 Å². The molecular weight excluding hydrogens is 402 g/mol. The third-order valence-corrected chi connectivity index (χ3v) is 5.91. The Morgan fingerprint density at radius 1 is 1.13 bits per heavy atom. The van der Waals surface area contributed by atoms with Crippen molar-refractivity contribution in [1.29, 1.82) is 0 Å². The molecule has 2 aromatic carbocycles. The number of benzene rings is 2. The Bertz CT molecular complexity index is 877. The number of nitrogens with one attached hydrogen (secondary N) is 1. The van der Waals surface area contributed by atoms with Crippen molar-refractivity contribution in [2.24, 2.45) is 0 Å². The van der Waals surface area contributed by atoms with Gasteiger partial charge in [-0.1, -0.05) is 41.9 Å². The van der Waals surface area contributed by atoms with Gasteiger partial charge in [-0.15, -0.1) is 0 Å². The van der Waals surface area contributed by atoms with Crippen molar-refractivity contribution in [3.8, 4) is 5.75 Å². The van der Waals surface area contributed by atoms with Gasteiger partial charge < -0.3 is 14.8 Å². The Kier molecular flexibility index (Phi) is 7.88. The van der Waals surface area contributed by atoms with Crippen molar-refractivity contribution in [1.82, 2.24) is 5.32 Å². The van der Waals surface area contributed by atoms with E-state index in [9.17, 15) is 9.59 Å². The van der Waals surface area contributed by atoms with Crippen molar-refractivity contribution >= 4 is 23.3 Å². The van der Waals surface area contributed by atoms with Gasteiger partial charge >= 0.3 is 0 Å². The molecule has 1 heterocycles. The van der Waals surface area contributed by atoms with Gasteiger partial charge in [-0.3, -0.25) is 9.59 Å². The summed E-state index contributed by atoms with van der Waals surface area (Å²) in [6.07, 6.45) is 2.62. The number of hydrogen-bond acceptors (Lipinski definition) is 4. The average Bonchev–Trinajstić information content (AvgIpc) is 2.76. The molecule has 0 bridgehead atoms. The summed E-state index contributed by atoms with van der Waals surface area (Å²) in [7, 11) is 0. The number of halogens is 1. The lowest BCUT2D eigenvalue weighted by molar-refractivity contribution is -0.121. The van der Waals surface area contributed by atoms with E-state index >= 15 is 0 Å². The van der Waals surface area contributed by atoms with E-state index in [1.54, 1.807) is 18.2 Å². The molecule has 1 aliphatic heterocycles. The zero-order valence-corrected chi connectivity index (χ0v) is 18.0. The van der Waals surface area contributed by atoms with Gasteiger partial charge in [0, 0.05) is 42.2 Å². The highest BCUT2D eigenvalue weighted by molar-refractivity contribution is 6.31. The monoisotopic (exact) mass is 429 g/mol. The zero-order chi connectivity index (χ0) is 21.4. The highest BCUT2D eigenvalue weighted by Gasteiger charge is 2.36. The highest BCUT2D eigenvalue weighted by Crippen LogP contribution is 2.38. The van der Waals surface area contributed by atoms with Crippen LogP contribution in [0.15, 0.2) is 48.5 Å². The number of hydrogen-bond donors (Lipinski definition) is 1. The first-order valence-electron chi connectivity index (χ1n) is 10.3. The largest absolute Gasteiger partial charge is 0.494 e. The summed E-state index contributed by atoms with van der Waals surface area (Å²) in [6, 6.07) is 14.9. The molecule has 0 unspecified atom stereocenters. The third kappa shape index (κ3) is 5.83. The van der Waals surface area contributed by atoms with Gasteiger partial charge in [0.15, 0.2) is 5.78 Å². The van der Waals surface area contributed by atoms with E-state index in [-0.39, 0.29) is 17.1 Å². The first-order valence-corrected chi connectivity index (χ1v) is 10.7. The van der Waals surface area contributed by atoms with E-state index in [0.29, 0.717) is 50.5 Å². The quantitative estimate of drug-likeness (QED) is 0.468. The second-order valence-electron chi connectivity index (χ2n) is 7.69. The Morgan fingerprint density at radius 2 is 1.90 bits per heavy atom. The lowest BCUT2D eigenvalue weighted by Crippen LogP contribution is -2.44. The number of carbonyl (C=O) groups excluding carboxylic acids is 2. The van der Waals surface area contributed by atoms with Crippen LogP contribution in [0.25, 0.3) is 0 Å². The van der Waals surface area contributed by atoms with Crippen molar-refractivity contribution in [2.45, 2.75) is 38.0 Å². The molecule has 1 N–H and O–H groups in total. The molecule has 5 nitrogen and oxygen atoms in total. The molecule has 160 valence electrons. The molecule has 3 rings (SSSR count). The predicted octanol–water partition coefficient (Wildman–Crippen LogP) is 4.57. The second-order valence-corrected chi connectivity index (χ2v) is 8.09. The summed E-state index contributed by atoms with van der Waals surface area (Å²) < 4.78 is 11.2. The minimum Gasteiger partial charge on any atom is -0.494 e. The molecule has 0 saturated carbocycles. The number of ketones is 1. The normalized spacial score (nSPS) is 15.4. The molecule has 6 heteroatoms. The average molecular weight is 430 g/mol. The molecule has 0 spiro atoms. The predicted molar refractivity (Wildman–Crippen MR) is 117 cm³/mol. The summed E-state index contributed by atoms with van der Waals surface area (Å²) in [5.41, 5.74) is 1.49. The molecule has 0 atom stereocenters. The lowest BCUT2D eigenvalue weighted by atomic mass is 9.74. The SMILES string of the molecule is CC(=O)c1cccc(OCCCC(=O)NCC2(c3ccccc3Cl)CCOCC2)c1. The summed E-state index contributed by atoms with van der Waals surface area (Å²) in [4.78, 5) is 23.9. The molecule has 1 fully saturated rings. The lowest BCUT2D eigenvalue weighted by Gasteiger charge is -2.38. The van der Waals surface area contributed by atoms with E-state index < -0.39 is 0 Å². The fourth-order valence-electron chi connectivity index (χ4n) is 3.78. The van der Waals surface area contributed by atoms with Gasteiger partial charge in [0.25, 0.3) is 0 Å². The highest BCUT2D eigenvalue weighted by atomic mass is 35.5. The number of Topliss-reactive ketones (excluding diaryl/α,β-unsaturated/α-hetero) is 1. The van der Waals surface area contributed by atoms with E-state index in [1.165, 1.54) is 6.92 Å². The van der Waals surface area contributed by atoms with Gasteiger partial charge in [-0.25, -0.2) is 0 Å². The summed E-state index contributed by atoms with van der Waals surface area (Å²) >= 11 is 6.46. The fourth-order valence-corrected chi connectivity index (χ4v) is 4.11. The molecule has 1 aliphatic rings. The Balaban J connectivity index is 1.49. The standard InChI is InChI=1S/C24H28ClNO4/c1-18(27)19-6-4-7-20(16-19)30-13-5-10-23(28)26-17-24(11-14-29-15-12-24)21-8-2-3-9-22(21)25/h2-4,6-9,16H,5,10-15,17H2,1H3,(H,26,28). The second kappa shape index (κ2) is 10.6. The maximum atomic E-state index is 12.4. The van der Waals surface area contributed by atoms with E-state index in [1.807, 2.05) is 30.3 Å². The van der Waals surface area contributed by atoms with Crippen molar-refractivity contribution in [3.63, 3.8) is 0 Å². The van der Waals surface area contributed by atoms with Crippen LogP contribution in [-0.4, -0.2) is 38.1 Å². The minimum atomic E-state index is -0.199. The topological polar surface area (TPSA) is 64.6 Å². The van der Waals surface area contributed by atoms with Gasteiger partial charge in [-0.2, -0.15) is 0 Å². The number of amides is 1. The zero-order valence-electron chi connectivity index (χ0n) is 17.3. The van der Waals surface area contributed by atoms with Crippen LogP contribution in [-0.2, 0) is 14.9 Å². The molecule has 0 aliphatic carbocycles. The van der Waals surface area contributed by atoms with Gasteiger partial charge in [-0.05, 0) is 49.9 Å². The van der Waals surface area contributed by atoms with Crippen LogP contribution in [0.3, 0.4) is 0 Å². The minimum absolute atomic E-state index is 0.000360.